The number of nitrogens with zero attached hydrogens (tertiary/aromatic N) is 4. The van der Waals surface area contributed by atoms with Gasteiger partial charge in [-0.1, -0.05) is 23.4 Å². The van der Waals surface area contributed by atoms with Crippen LogP contribution in [-0.2, 0) is 11.2 Å². The zero-order chi connectivity index (χ0) is 23.0. The molecule has 0 radical (unpaired) electrons. The molecule has 0 unspecified atom stereocenters. The van der Waals surface area contributed by atoms with Gasteiger partial charge in [0.25, 0.3) is 11.4 Å². The normalized spacial score (nSPS) is 10.8. The van der Waals surface area contributed by atoms with Crippen molar-refractivity contribution in [2.45, 2.75) is 19.3 Å². The van der Waals surface area contributed by atoms with Gasteiger partial charge >= 0.3 is 0 Å². The predicted molar refractivity (Wildman–Crippen MR) is 121 cm³/mol. The number of carbonyl (C=O) groups is 1. The van der Waals surface area contributed by atoms with Crippen molar-refractivity contribution in [3.05, 3.63) is 58.8 Å². The van der Waals surface area contributed by atoms with E-state index in [2.05, 4.69) is 36.0 Å². The molecule has 11 heteroatoms. The summed E-state index contributed by atoms with van der Waals surface area (Å²) >= 11 is 0. The first-order valence-electron chi connectivity index (χ1n) is 10.4. The van der Waals surface area contributed by atoms with Crippen LogP contribution in [0.4, 0.5) is 5.82 Å². The number of aromatic nitrogens is 5. The van der Waals surface area contributed by atoms with Gasteiger partial charge in [-0.25, -0.2) is 10.1 Å². The fourth-order valence-electron chi connectivity index (χ4n) is 3.19. The van der Waals surface area contributed by atoms with Crippen molar-refractivity contribution in [2.24, 2.45) is 0 Å². The van der Waals surface area contributed by atoms with E-state index >= 15 is 0 Å². The maximum atomic E-state index is 12.1. The molecule has 1 amide bonds. The standard InChI is InChI=1S/C22H23N7O4/c1-32-19-10-7-14(13-25-19)22-26-17(29-33-22)8-9-18(30)23-11-4-12-24-20-15-5-2-3-6-16(15)21(31)28-27-20/h2-3,5-7,10,13H,4,8-9,11-12H2,1H3,(H,23,30)(H,24,27)(H,28,31). The van der Waals surface area contributed by atoms with Crippen molar-refractivity contribution in [1.82, 2.24) is 30.6 Å². The maximum absolute atomic E-state index is 12.1. The van der Waals surface area contributed by atoms with Gasteiger partial charge < -0.3 is 19.9 Å². The number of fused-ring (bicyclic) bond motifs is 1. The Balaban J connectivity index is 1.18. The molecular weight excluding hydrogens is 426 g/mol. The summed E-state index contributed by atoms with van der Waals surface area (Å²) in [5, 5.41) is 17.9. The summed E-state index contributed by atoms with van der Waals surface area (Å²) in [5.41, 5.74) is 0.453. The number of hydrogen-bond donors (Lipinski definition) is 3. The minimum absolute atomic E-state index is 0.0971. The second-order valence-corrected chi connectivity index (χ2v) is 7.18. The van der Waals surface area contributed by atoms with Crippen LogP contribution < -0.4 is 20.9 Å². The Morgan fingerprint density at radius 1 is 1.15 bits per heavy atom. The molecule has 0 saturated carbocycles. The van der Waals surface area contributed by atoms with Crippen molar-refractivity contribution < 1.29 is 14.1 Å². The van der Waals surface area contributed by atoms with Gasteiger partial charge in [-0.05, 0) is 18.6 Å². The van der Waals surface area contributed by atoms with Crippen LogP contribution in [0.3, 0.4) is 0 Å². The van der Waals surface area contributed by atoms with Crippen molar-refractivity contribution in [2.75, 3.05) is 25.5 Å². The third-order valence-electron chi connectivity index (χ3n) is 4.90. The number of benzene rings is 1. The summed E-state index contributed by atoms with van der Waals surface area (Å²) in [6.45, 7) is 1.09. The molecular formula is C22H23N7O4. The lowest BCUT2D eigenvalue weighted by atomic mass is 10.2. The number of nitrogens with one attached hydrogen (secondary N) is 3. The monoisotopic (exact) mass is 449 g/mol. The number of H-pyrrole nitrogens is 1. The third kappa shape index (κ3) is 5.50. The van der Waals surface area contributed by atoms with E-state index in [9.17, 15) is 9.59 Å². The number of hydrogen-bond acceptors (Lipinski definition) is 9. The smallest absolute Gasteiger partial charge is 0.272 e. The van der Waals surface area contributed by atoms with Crippen LogP contribution in [0, 0.1) is 0 Å². The lowest BCUT2D eigenvalue weighted by Crippen LogP contribution is -2.26. The van der Waals surface area contributed by atoms with Gasteiger partial charge in [-0.2, -0.15) is 10.1 Å². The number of aryl methyl sites for hydroxylation is 1. The number of ether oxygens (including phenoxy) is 1. The second kappa shape index (κ2) is 10.4. The summed E-state index contributed by atoms with van der Waals surface area (Å²) in [7, 11) is 1.54. The maximum Gasteiger partial charge on any atom is 0.272 e. The van der Waals surface area contributed by atoms with Crippen LogP contribution in [0.25, 0.3) is 22.2 Å². The molecule has 0 aliphatic heterocycles. The van der Waals surface area contributed by atoms with Crippen LogP contribution in [0.5, 0.6) is 5.88 Å². The lowest BCUT2D eigenvalue weighted by molar-refractivity contribution is -0.121. The van der Waals surface area contributed by atoms with Crippen LogP contribution in [0.15, 0.2) is 51.9 Å². The molecule has 0 atom stereocenters. The second-order valence-electron chi connectivity index (χ2n) is 7.18. The Morgan fingerprint density at radius 2 is 2.00 bits per heavy atom. The molecule has 4 aromatic rings. The molecule has 170 valence electrons. The van der Waals surface area contributed by atoms with Gasteiger partial charge in [0, 0.05) is 43.6 Å². The lowest BCUT2D eigenvalue weighted by Gasteiger charge is -2.08. The molecule has 0 bridgehead atoms. The van der Waals surface area contributed by atoms with Gasteiger partial charge in [0.1, 0.15) is 0 Å². The summed E-state index contributed by atoms with van der Waals surface area (Å²) < 4.78 is 10.3. The molecule has 3 N–H and O–H groups in total. The molecule has 0 spiro atoms. The Labute approximate surface area is 188 Å². The SMILES string of the molecule is COc1ccc(-c2nc(CCC(=O)NCCCNc3n[nH]c(=O)c4ccccc34)no2)cn1. The first-order chi connectivity index (χ1) is 16.1. The average Bonchev–Trinajstić information content (AvgIpc) is 3.33. The van der Waals surface area contributed by atoms with E-state index < -0.39 is 0 Å². The van der Waals surface area contributed by atoms with E-state index in [1.807, 2.05) is 18.2 Å². The number of anilines is 1. The van der Waals surface area contributed by atoms with Crippen LogP contribution in [0.2, 0.25) is 0 Å². The van der Waals surface area contributed by atoms with Crippen molar-refractivity contribution in [1.29, 1.82) is 0 Å². The van der Waals surface area contributed by atoms with E-state index in [1.165, 1.54) is 0 Å². The summed E-state index contributed by atoms with van der Waals surface area (Å²) in [6, 6.07) is 10.7. The first kappa shape index (κ1) is 21.9. The molecule has 3 aromatic heterocycles. The molecule has 4 rings (SSSR count). The van der Waals surface area contributed by atoms with Crippen molar-refractivity contribution in [3.63, 3.8) is 0 Å². The average molecular weight is 449 g/mol. The molecule has 11 nitrogen and oxygen atoms in total. The van der Waals surface area contributed by atoms with Crippen LogP contribution in [0.1, 0.15) is 18.7 Å². The third-order valence-corrected chi connectivity index (χ3v) is 4.90. The predicted octanol–water partition coefficient (Wildman–Crippen LogP) is 1.93. The molecule has 0 saturated heterocycles. The fourth-order valence-corrected chi connectivity index (χ4v) is 3.19. The minimum Gasteiger partial charge on any atom is -0.481 e. The number of rotatable bonds is 10. The highest BCUT2D eigenvalue weighted by molar-refractivity contribution is 5.90. The van der Waals surface area contributed by atoms with E-state index in [-0.39, 0.29) is 17.9 Å². The van der Waals surface area contributed by atoms with Gasteiger partial charge in [-0.15, -0.1) is 0 Å². The molecule has 0 fully saturated rings. The number of carbonyl (C=O) groups excluding carboxylic acids is 1. The quantitative estimate of drug-likeness (QED) is 0.309. The molecule has 0 aliphatic rings. The minimum atomic E-state index is -0.224. The Kier molecular flexibility index (Phi) is 6.88. The first-order valence-corrected chi connectivity index (χ1v) is 10.4. The zero-order valence-electron chi connectivity index (χ0n) is 18.0. The van der Waals surface area contributed by atoms with Crippen LogP contribution in [-0.4, -0.2) is 51.4 Å². The van der Waals surface area contributed by atoms with E-state index in [1.54, 1.807) is 31.5 Å². The Morgan fingerprint density at radius 3 is 2.79 bits per heavy atom. The van der Waals surface area contributed by atoms with Gasteiger partial charge in [-0.3, -0.25) is 9.59 Å². The fraction of sp³-hybridized carbons (Fsp3) is 0.273. The molecule has 3 heterocycles. The largest absolute Gasteiger partial charge is 0.481 e. The summed E-state index contributed by atoms with van der Waals surface area (Å²) in [6.07, 6.45) is 2.89. The molecule has 0 aliphatic carbocycles. The highest BCUT2D eigenvalue weighted by Crippen LogP contribution is 2.19. The van der Waals surface area contributed by atoms with Gasteiger partial charge in [0.15, 0.2) is 11.6 Å². The highest BCUT2D eigenvalue weighted by atomic mass is 16.5. The number of methoxy groups -OCH3 is 1. The zero-order valence-corrected chi connectivity index (χ0v) is 18.0. The Bertz CT molecular complexity index is 1280. The number of aromatic amines is 1. The Hall–Kier alpha value is -4.28. The van der Waals surface area contributed by atoms with E-state index in [4.69, 9.17) is 9.26 Å². The highest BCUT2D eigenvalue weighted by Gasteiger charge is 2.11. The van der Waals surface area contributed by atoms with Gasteiger partial charge in [0.05, 0.1) is 18.1 Å². The topological polar surface area (TPSA) is 148 Å². The molecule has 1 aromatic carbocycles. The van der Waals surface area contributed by atoms with Crippen molar-refractivity contribution >= 4 is 22.5 Å². The number of pyridine rings is 1. The van der Waals surface area contributed by atoms with Crippen LogP contribution >= 0.6 is 0 Å². The molecule has 33 heavy (non-hydrogen) atoms. The van der Waals surface area contributed by atoms with Gasteiger partial charge in [0.2, 0.25) is 11.8 Å². The summed E-state index contributed by atoms with van der Waals surface area (Å²) in [4.78, 5) is 32.4. The van der Waals surface area contributed by atoms with E-state index in [0.29, 0.717) is 60.3 Å². The van der Waals surface area contributed by atoms with Crippen molar-refractivity contribution in [3.8, 4) is 17.3 Å². The van der Waals surface area contributed by atoms with E-state index in [0.717, 1.165) is 5.39 Å². The number of amides is 1. The summed E-state index contributed by atoms with van der Waals surface area (Å²) in [5.74, 6) is 1.80.